The fraction of sp³-hybridized carbons (Fsp3) is 0.0820. The van der Waals surface area contributed by atoms with E-state index in [2.05, 4.69) is 237 Å². The van der Waals surface area contributed by atoms with Crippen molar-refractivity contribution in [2.45, 2.75) is 25.3 Å². The Morgan fingerprint density at radius 3 is 1.98 bits per heavy atom. The van der Waals surface area contributed by atoms with Crippen molar-refractivity contribution < 1.29 is 4.42 Å². The number of hydrogen-bond acceptors (Lipinski definition) is 2. The second kappa shape index (κ2) is 14.8. The van der Waals surface area contributed by atoms with Crippen molar-refractivity contribution >= 4 is 49.7 Å². The summed E-state index contributed by atoms with van der Waals surface area (Å²) in [4.78, 5) is 2.62. The summed E-state index contributed by atoms with van der Waals surface area (Å²) in [6.45, 7) is 4.78. The molecule has 2 aliphatic rings. The van der Waals surface area contributed by atoms with Crippen LogP contribution in [0, 0.1) is 5.92 Å². The lowest BCUT2D eigenvalue weighted by molar-refractivity contribution is 0.611. The third-order valence-electron chi connectivity index (χ3n) is 13.8. The van der Waals surface area contributed by atoms with Gasteiger partial charge in [-0.25, -0.2) is 0 Å². The second-order valence-corrected chi connectivity index (χ2v) is 17.4. The van der Waals surface area contributed by atoms with E-state index in [9.17, 15) is 0 Å². The topological polar surface area (TPSA) is 16.4 Å². The van der Waals surface area contributed by atoms with E-state index in [1.54, 1.807) is 0 Å². The van der Waals surface area contributed by atoms with Crippen molar-refractivity contribution in [2.24, 2.45) is 5.92 Å². The van der Waals surface area contributed by atoms with Crippen LogP contribution in [0.4, 0.5) is 11.4 Å². The molecular formula is C61H45NO. The first kappa shape index (κ1) is 37.1. The molecule has 300 valence electrons. The van der Waals surface area contributed by atoms with Gasteiger partial charge in [-0.15, -0.1) is 0 Å². The quantitative estimate of drug-likeness (QED) is 0.159. The fourth-order valence-electron chi connectivity index (χ4n) is 10.8. The molecule has 1 aromatic heterocycles. The minimum Gasteiger partial charge on any atom is -0.456 e. The Kier molecular flexibility index (Phi) is 8.69. The van der Waals surface area contributed by atoms with Gasteiger partial charge in [-0.3, -0.25) is 0 Å². The molecule has 2 heteroatoms. The van der Waals surface area contributed by atoms with Gasteiger partial charge in [0.25, 0.3) is 0 Å². The van der Waals surface area contributed by atoms with Crippen LogP contribution in [0.2, 0.25) is 0 Å². The average Bonchev–Trinajstić information content (AvgIpc) is 3.85. The van der Waals surface area contributed by atoms with Crippen molar-refractivity contribution in [3.63, 3.8) is 0 Å². The number of para-hydroxylation sites is 2. The van der Waals surface area contributed by atoms with E-state index in [0.29, 0.717) is 0 Å². The minimum atomic E-state index is -0.328. The first-order chi connectivity index (χ1) is 31.0. The van der Waals surface area contributed by atoms with E-state index < -0.39 is 0 Å². The molecule has 3 atom stereocenters. The number of benzene rings is 9. The molecule has 0 aliphatic heterocycles. The third kappa shape index (κ3) is 5.93. The average molecular weight is 808 g/mol. The Labute approximate surface area is 368 Å². The summed E-state index contributed by atoms with van der Waals surface area (Å²) in [5.41, 5.74) is 17.7. The highest BCUT2D eigenvalue weighted by atomic mass is 16.3. The Hall–Kier alpha value is -7.68. The van der Waals surface area contributed by atoms with E-state index in [0.717, 1.165) is 27.5 Å². The molecule has 0 bridgehead atoms. The summed E-state index contributed by atoms with van der Waals surface area (Å²) in [6.07, 6.45) is 7.20. The van der Waals surface area contributed by atoms with Gasteiger partial charge in [0.2, 0.25) is 0 Å². The zero-order valence-electron chi connectivity index (χ0n) is 35.4. The zero-order chi connectivity index (χ0) is 42.1. The second-order valence-electron chi connectivity index (χ2n) is 17.4. The minimum absolute atomic E-state index is 0.0122. The molecule has 0 fully saturated rings. The molecule has 2 nitrogen and oxygen atoms in total. The smallest absolute Gasteiger partial charge is 0.136 e. The maximum Gasteiger partial charge on any atom is 0.136 e. The van der Waals surface area contributed by atoms with Crippen molar-refractivity contribution in [1.82, 2.24) is 0 Å². The Balaban J connectivity index is 1.05. The molecule has 0 amide bonds. The molecule has 0 N–H and O–H groups in total. The predicted octanol–water partition coefficient (Wildman–Crippen LogP) is 16.2. The molecule has 0 saturated heterocycles. The molecule has 0 saturated carbocycles. The summed E-state index contributed by atoms with van der Waals surface area (Å²) in [6, 6.07) is 75.5. The summed E-state index contributed by atoms with van der Waals surface area (Å²) in [5, 5.41) is 4.78. The van der Waals surface area contributed by atoms with Crippen LogP contribution in [-0.2, 0) is 5.41 Å². The summed E-state index contributed by atoms with van der Waals surface area (Å²) < 4.78 is 6.36. The van der Waals surface area contributed by atoms with E-state index >= 15 is 0 Å². The van der Waals surface area contributed by atoms with Crippen molar-refractivity contribution in [3.8, 4) is 33.4 Å². The maximum absolute atomic E-state index is 6.36. The van der Waals surface area contributed by atoms with Crippen LogP contribution in [0.5, 0.6) is 0 Å². The molecule has 63 heavy (non-hydrogen) atoms. The predicted molar refractivity (Wildman–Crippen MR) is 265 cm³/mol. The highest BCUT2D eigenvalue weighted by molar-refractivity contribution is 6.09. The van der Waals surface area contributed by atoms with Crippen LogP contribution < -0.4 is 4.90 Å². The van der Waals surface area contributed by atoms with Gasteiger partial charge in [0.1, 0.15) is 11.2 Å². The highest BCUT2D eigenvalue weighted by Crippen LogP contribution is 2.54. The van der Waals surface area contributed by atoms with Crippen LogP contribution in [0.1, 0.15) is 36.1 Å². The molecule has 2 aliphatic carbocycles. The van der Waals surface area contributed by atoms with E-state index in [1.807, 2.05) is 6.07 Å². The van der Waals surface area contributed by atoms with E-state index in [-0.39, 0.29) is 17.4 Å². The van der Waals surface area contributed by atoms with Crippen LogP contribution in [0.3, 0.4) is 0 Å². The first-order valence-electron chi connectivity index (χ1n) is 22.1. The SMILES string of the molecule is CC1C=C(c2ccc3c(c2)oc2ccccc23)C=CC1N(c1ccc2c(c1)C(C)(c1ccccc1)c1ccccc1-2)c1ccccc1-c1cccc2cccc(-c3ccccc3)c12. The van der Waals surface area contributed by atoms with Gasteiger partial charge >= 0.3 is 0 Å². The number of hydrogen-bond donors (Lipinski definition) is 0. The van der Waals surface area contributed by atoms with Crippen LogP contribution >= 0.6 is 0 Å². The number of allylic oxidation sites excluding steroid dienone is 2. The van der Waals surface area contributed by atoms with Crippen molar-refractivity contribution in [3.05, 3.63) is 247 Å². The molecule has 10 aromatic rings. The van der Waals surface area contributed by atoms with Gasteiger partial charge in [0, 0.05) is 33.1 Å². The van der Waals surface area contributed by atoms with Crippen molar-refractivity contribution in [2.75, 3.05) is 4.90 Å². The van der Waals surface area contributed by atoms with Gasteiger partial charge in [-0.2, -0.15) is 0 Å². The lowest BCUT2D eigenvalue weighted by Gasteiger charge is -2.39. The number of anilines is 2. The molecule has 0 radical (unpaired) electrons. The fourth-order valence-corrected chi connectivity index (χ4v) is 10.8. The molecule has 9 aromatic carbocycles. The Morgan fingerprint density at radius 2 is 1.16 bits per heavy atom. The molecule has 12 rings (SSSR count). The summed E-state index contributed by atoms with van der Waals surface area (Å²) in [7, 11) is 0. The lowest BCUT2D eigenvalue weighted by Crippen LogP contribution is -2.36. The molecule has 1 heterocycles. The largest absolute Gasteiger partial charge is 0.456 e. The number of rotatable bonds is 7. The Bertz CT molecular complexity index is 3440. The lowest BCUT2D eigenvalue weighted by atomic mass is 9.74. The monoisotopic (exact) mass is 807 g/mol. The molecular weight excluding hydrogens is 763 g/mol. The van der Waals surface area contributed by atoms with E-state index in [1.165, 1.54) is 77.8 Å². The zero-order valence-corrected chi connectivity index (χ0v) is 35.4. The normalized spacial score (nSPS) is 17.8. The first-order valence-corrected chi connectivity index (χ1v) is 22.1. The Morgan fingerprint density at radius 1 is 0.492 bits per heavy atom. The number of fused-ring (bicyclic) bond motifs is 7. The van der Waals surface area contributed by atoms with Gasteiger partial charge in [0.15, 0.2) is 0 Å². The number of furan rings is 1. The third-order valence-corrected chi connectivity index (χ3v) is 13.8. The van der Waals surface area contributed by atoms with Crippen LogP contribution in [-0.4, -0.2) is 6.04 Å². The van der Waals surface area contributed by atoms with Crippen LogP contribution in [0.25, 0.3) is 71.7 Å². The molecule has 3 unspecified atom stereocenters. The van der Waals surface area contributed by atoms with Crippen molar-refractivity contribution in [1.29, 1.82) is 0 Å². The summed E-state index contributed by atoms with van der Waals surface area (Å²) >= 11 is 0. The van der Waals surface area contributed by atoms with Gasteiger partial charge in [-0.1, -0.05) is 195 Å². The maximum atomic E-state index is 6.36. The standard InChI is InChI=1S/C61H45NO/c1-40-37-43(44-31-34-52-51-25-11-14-30-58(51)63-59(52)38-44)32-36-56(40)62(46-33-35-49-48-23-9-12-28-54(48)61(2,55(49)39-46)45-21-7-4-8-22-45)57-29-13-10-24-50(57)53-27-16-20-42-19-15-26-47(60(42)53)41-17-5-3-6-18-41/h3-40,56H,1-2H3. The highest BCUT2D eigenvalue weighted by Gasteiger charge is 2.41. The van der Waals surface area contributed by atoms with Gasteiger partial charge in [-0.05, 0) is 116 Å². The van der Waals surface area contributed by atoms with E-state index in [4.69, 9.17) is 4.42 Å². The summed E-state index contributed by atoms with van der Waals surface area (Å²) in [5.74, 6) is 0.155. The number of nitrogens with zero attached hydrogens (tertiary/aromatic N) is 1. The molecule has 0 spiro atoms. The van der Waals surface area contributed by atoms with Gasteiger partial charge in [0.05, 0.1) is 6.04 Å². The van der Waals surface area contributed by atoms with Crippen LogP contribution in [0.15, 0.2) is 229 Å². The van der Waals surface area contributed by atoms with Gasteiger partial charge < -0.3 is 9.32 Å².